The average molecular weight is 189 g/mol. The number of likely N-dealkylation sites (N-methyl/N-ethyl adjacent to an activating group) is 1. The van der Waals surface area contributed by atoms with E-state index in [0.29, 0.717) is 0 Å². The van der Waals surface area contributed by atoms with E-state index >= 15 is 0 Å². The van der Waals surface area contributed by atoms with Gasteiger partial charge in [0.15, 0.2) is 5.78 Å². The van der Waals surface area contributed by atoms with Gasteiger partial charge in [-0.1, -0.05) is 30.3 Å². The van der Waals surface area contributed by atoms with Crippen molar-refractivity contribution in [2.75, 3.05) is 14.1 Å². The van der Waals surface area contributed by atoms with Crippen molar-refractivity contribution in [2.24, 2.45) is 0 Å². The van der Waals surface area contributed by atoms with E-state index in [1.807, 2.05) is 55.4 Å². The fraction of sp³-hybridized carbons (Fsp3) is 0.250. The number of nitrogens with zero attached hydrogens (tertiary/aromatic N) is 1. The van der Waals surface area contributed by atoms with Gasteiger partial charge < -0.3 is 4.90 Å². The van der Waals surface area contributed by atoms with Crippen molar-refractivity contribution in [3.8, 4) is 0 Å². The van der Waals surface area contributed by atoms with Crippen molar-refractivity contribution in [3.63, 3.8) is 0 Å². The van der Waals surface area contributed by atoms with Crippen LogP contribution in [-0.4, -0.2) is 24.8 Å². The smallest absolute Gasteiger partial charge is 0.175 e. The fourth-order valence-corrected chi connectivity index (χ4v) is 1.25. The van der Waals surface area contributed by atoms with Gasteiger partial charge in [-0.05, 0) is 11.6 Å². The molecule has 0 bridgehead atoms. The van der Waals surface area contributed by atoms with Crippen LogP contribution in [0.25, 0.3) is 6.08 Å². The molecule has 0 spiro atoms. The Kier molecular flexibility index (Phi) is 3.46. The van der Waals surface area contributed by atoms with E-state index in [2.05, 4.69) is 0 Å². The Morgan fingerprint density at radius 1 is 1.21 bits per heavy atom. The molecule has 0 heterocycles. The molecule has 0 aromatic heterocycles. The third-order valence-electron chi connectivity index (χ3n) is 1.95. The predicted molar refractivity (Wildman–Crippen MR) is 58.8 cm³/mol. The van der Waals surface area contributed by atoms with Gasteiger partial charge in [0.1, 0.15) is 0 Å². The zero-order valence-corrected chi connectivity index (χ0v) is 8.82. The normalized spacial score (nSPS) is 11.2. The minimum Gasteiger partial charge on any atom is -0.375 e. The zero-order chi connectivity index (χ0) is 10.6. The van der Waals surface area contributed by atoms with Gasteiger partial charge in [-0.2, -0.15) is 0 Å². The molecule has 2 heteroatoms. The maximum Gasteiger partial charge on any atom is 0.175 e. The second kappa shape index (κ2) is 4.61. The molecule has 0 radical (unpaired) electrons. The van der Waals surface area contributed by atoms with Crippen LogP contribution < -0.4 is 0 Å². The quantitative estimate of drug-likeness (QED) is 0.679. The van der Waals surface area contributed by atoms with Gasteiger partial charge in [0, 0.05) is 21.0 Å². The summed E-state index contributed by atoms with van der Waals surface area (Å²) in [5, 5.41) is 0. The second-order valence-electron chi connectivity index (χ2n) is 3.39. The van der Waals surface area contributed by atoms with Crippen molar-refractivity contribution in [1.82, 2.24) is 4.90 Å². The lowest BCUT2D eigenvalue weighted by Gasteiger charge is -2.14. The van der Waals surface area contributed by atoms with Gasteiger partial charge in [-0.25, -0.2) is 0 Å². The first-order valence-corrected chi connectivity index (χ1v) is 4.56. The summed E-state index contributed by atoms with van der Waals surface area (Å²) in [6.07, 6.45) is 1.89. The van der Waals surface area contributed by atoms with Crippen LogP contribution in [0.3, 0.4) is 0 Å². The lowest BCUT2D eigenvalue weighted by Crippen LogP contribution is -2.16. The molecule has 14 heavy (non-hydrogen) atoms. The lowest BCUT2D eigenvalue weighted by molar-refractivity contribution is -0.114. The number of benzene rings is 1. The Morgan fingerprint density at radius 2 is 1.79 bits per heavy atom. The van der Waals surface area contributed by atoms with E-state index in [-0.39, 0.29) is 5.78 Å². The number of carbonyl (C=O) groups is 1. The minimum absolute atomic E-state index is 0.0823. The maximum absolute atomic E-state index is 11.3. The van der Waals surface area contributed by atoms with Crippen LogP contribution in [0, 0.1) is 0 Å². The highest BCUT2D eigenvalue weighted by atomic mass is 16.1. The molecule has 0 N–H and O–H groups in total. The molecule has 0 fully saturated rings. The summed E-state index contributed by atoms with van der Waals surface area (Å²) in [7, 11) is 3.74. The lowest BCUT2D eigenvalue weighted by atomic mass is 10.1. The van der Waals surface area contributed by atoms with Gasteiger partial charge in [0.05, 0.1) is 5.70 Å². The van der Waals surface area contributed by atoms with Crippen LogP contribution in [-0.2, 0) is 4.79 Å². The highest BCUT2D eigenvalue weighted by Gasteiger charge is 2.05. The van der Waals surface area contributed by atoms with Gasteiger partial charge in [-0.3, -0.25) is 4.79 Å². The minimum atomic E-state index is 0.0823. The first-order chi connectivity index (χ1) is 6.61. The first-order valence-electron chi connectivity index (χ1n) is 4.56. The van der Waals surface area contributed by atoms with Crippen molar-refractivity contribution in [3.05, 3.63) is 41.6 Å². The van der Waals surface area contributed by atoms with Crippen LogP contribution in [0.15, 0.2) is 36.0 Å². The summed E-state index contributed by atoms with van der Waals surface area (Å²) < 4.78 is 0. The molecule has 0 saturated heterocycles. The molecule has 0 unspecified atom stereocenters. The van der Waals surface area contributed by atoms with Crippen molar-refractivity contribution in [2.45, 2.75) is 6.92 Å². The van der Waals surface area contributed by atoms with Crippen LogP contribution in [0.4, 0.5) is 0 Å². The largest absolute Gasteiger partial charge is 0.375 e. The Balaban J connectivity index is 3.00. The summed E-state index contributed by atoms with van der Waals surface area (Å²) in [6.45, 7) is 1.58. The van der Waals surface area contributed by atoms with Crippen molar-refractivity contribution >= 4 is 11.9 Å². The molecule has 1 aromatic rings. The van der Waals surface area contributed by atoms with E-state index in [4.69, 9.17) is 0 Å². The van der Waals surface area contributed by atoms with Crippen LogP contribution in [0.2, 0.25) is 0 Å². The molecule has 2 nitrogen and oxygen atoms in total. The van der Waals surface area contributed by atoms with E-state index in [1.165, 1.54) is 0 Å². The molecule has 0 aliphatic heterocycles. The number of hydrogen-bond donors (Lipinski definition) is 0. The SMILES string of the molecule is CC(=O)/C(=C\c1ccccc1)N(C)C. The van der Waals surface area contributed by atoms with Crippen LogP contribution in [0.5, 0.6) is 0 Å². The molecule has 0 aliphatic rings. The summed E-state index contributed by atoms with van der Waals surface area (Å²) in [4.78, 5) is 13.1. The van der Waals surface area contributed by atoms with Gasteiger partial charge in [-0.15, -0.1) is 0 Å². The third-order valence-corrected chi connectivity index (χ3v) is 1.95. The third kappa shape index (κ3) is 2.73. The van der Waals surface area contributed by atoms with E-state index in [9.17, 15) is 4.79 Å². The zero-order valence-electron chi connectivity index (χ0n) is 8.82. The standard InChI is InChI=1S/C12H15NO/c1-10(14)12(13(2)3)9-11-7-5-4-6-8-11/h4-9H,1-3H3/b12-9+. The molecule has 0 atom stereocenters. The van der Waals surface area contributed by atoms with Gasteiger partial charge in [0.25, 0.3) is 0 Å². The monoisotopic (exact) mass is 189 g/mol. The fourth-order valence-electron chi connectivity index (χ4n) is 1.25. The molecule has 1 aromatic carbocycles. The average Bonchev–Trinajstić information content (AvgIpc) is 2.15. The number of ketones is 1. The van der Waals surface area contributed by atoms with Crippen molar-refractivity contribution in [1.29, 1.82) is 0 Å². The Bertz CT molecular complexity index is 339. The van der Waals surface area contributed by atoms with Crippen LogP contribution >= 0.6 is 0 Å². The van der Waals surface area contributed by atoms with Gasteiger partial charge in [0.2, 0.25) is 0 Å². The summed E-state index contributed by atoms with van der Waals surface area (Å²) in [5.41, 5.74) is 1.77. The number of carbonyl (C=O) groups excluding carboxylic acids is 1. The molecule has 0 saturated carbocycles. The Hall–Kier alpha value is -1.57. The van der Waals surface area contributed by atoms with Crippen molar-refractivity contribution < 1.29 is 4.79 Å². The maximum atomic E-state index is 11.3. The number of Topliss-reactive ketones (excluding diaryl/α,β-unsaturated/α-hetero) is 1. The molecule has 1 rings (SSSR count). The molecular weight excluding hydrogens is 174 g/mol. The molecule has 0 aliphatic carbocycles. The summed E-state index contributed by atoms with van der Waals surface area (Å²) in [5.74, 6) is 0.0823. The molecular formula is C12H15NO. The highest BCUT2D eigenvalue weighted by molar-refractivity contribution is 5.96. The van der Waals surface area contributed by atoms with E-state index in [1.54, 1.807) is 6.92 Å². The Labute approximate surface area is 84.9 Å². The molecule has 0 amide bonds. The van der Waals surface area contributed by atoms with Gasteiger partial charge >= 0.3 is 0 Å². The topological polar surface area (TPSA) is 20.3 Å². The van der Waals surface area contributed by atoms with Crippen LogP contribution in [0.1, 0.15) is 12.5 Å². The number of hydrogen-bond acceptors (Lipinski definition) is 2. The number of allylic oxidation sites excluding steroid dienone is 1. The summed E-state index contributed by atoms with van der Waals surface area (Å²) >= 11 is 0. The Morgan fingerprint density at radius 3 is 2.21 bits per heavy atom. The van der Waals surface area contributed by atoms with E-state index < -0.39 is 0 Å². The first kappa shape index (κ1) is 10.5. The summed E-state index contributed by atoms with van der Waals surface area (Å²) in [6, 6.07) is 9.83. The number of rotatable bonds is 3. The highest BCUT2D eigenvalue weighted by Crippen LogP contribution is 2.08. The predicted octanol–water partition coefficient (Wildman–Crippen LogP) is 2.18. The molecule has 74 valence electrons. The van der Waals surface area contributed by atoms with E-state index in [0.717, 1.165) is 11.3 Å². The second-order valence-corrected chi connectivity index (χ2v) is 3.39.